The molecule has 9 nitrogen and oxygen atoms in total. The number of hydrogen-bond donors (Lipinski definition) is 1. The van der Waals surface area contributed by atoms with Crippen molar-refractivity contribution in [1.29, 1.82) is 0 Å². The van der Waals surface area contributed by atoms with Gasteiger partial charge in [-0.2, -0.15) is 0 Å². The molecule has 1 aromatic carbocycles. The molecule has 1 fully saturated rings. The fourth-order valence-corrected chi connectivity index (χ4v) is 3.10. The van der Waals surface area contributed by atoms with Crippen molar-refractivity contribution >= 4 is 17.3 Å². The lowest BCUT2D eigenvalue weighted by Gasteiger charge is -2.35. The zero-order valence-corrected chi connectivity index (χ0v) is 15.4. The summed E-state index contributed by atoms with van der Waals surface area (Å²) in [7, 11) is 0. The molecule has 0 saturated carbocycles. The van der Waals surface area contributed by atoms with Crippen molar-refractivity contribution in [2.24, 2.45) is 0 Å². The smallest absolute Gasteiger partial charge is 0.353 e. The predicted octanol–water partition coefficient (Wildman–Crippen LogP) is 2.49. The Hall–Kier alpha value is -2.94. The third kappa shape index (κ3) is 4.82. The first kappa shape index (κ1) is 18.8. The molecule has 1 aliphatic heterocycles. The summed E-state index contributed by atoms with van der Waals surface area (Å²) in [5, 5.41) is 14.7. The van der Waals surface area contributed by atoms with Crippen LogP contribution in [-0.2, 0) is 4.74 Å². The standard InChI is InChI=1S/C18H23N5O4/c1-13-10-22(11-14(2)27-13)18-16(23(24)25)17(20-12-21-18)19-8-9-26-15-6-4-3-5-7-15/h3-7,12-14H,8-11H2,1-2H3,(H,19,20,21). The predicted molar refractivity (Wildman–Crippen MR) is 101 cm³/mol. The summed E-state index contributed by atoms with van der Waals surface area (Å²) >= 11 is 0. The van der Waals surface area contributed by atoms with Crippen LogP contribution in [0.2, 0.25) is 0 Å². The largest absolute Gasteiger partial charge is 0.492 e. The second-order valence-corrected chi connectivity index (χ2v) is 6.40. The van der Waals surface area contributed by atoms with Gasteiger partial charge in [-0.1, -0.05) is 18.2 Å². The minimum absolute atomic E-state index is 0.0287. The molecule has 0 aliphatic carbocycles. The molecule has 2 atom stereocenters. The molecule has 3 rings (SSSR count). The van der Waals surface area contributed by atoms with Crippen molar-refractivity contribution in [3.05, 3.63) is 46.8 Å². The number of anilines is 2. The molecule has 1 aromatic heterocycles. The molecule has 0 radical (unpaired) electrons. The molecule has 0 bridgehead atoms. The first-order valence-electron chi connectivity index (χ1n) is 8.86. The molecular formula is C18H23N5O4. The van der Waals surface area contributed by atoms with E-state index in [-0.39, 0.29) is 23.7 Å². The highest BCUT2D eigenvalue weighted by molar-refractivity contribution is 5.70. The topological polar surface area (TPSA) is 103 Å². The number of para-hydroxylation sites is 1. The van der Waals surface area contributed by atoms with Gasteiger partial charge in [0.25, 0.3) is 0 Å². The maximum Gasteiger partial charge on any atom is 0.353 e. The van der Waals surface area contributed by atoms with Gasteiger partial charge >= 0.3 is 5.69 Å². The lowest BCUT2D eigenvalue weighted by atomic mass is 10.2. The lowest BCUT2D eigenvalue weighted by Crippen LogP contribution is -2.46. The van der Waals surface area contributed by atoms with Gasteiger partial charge in [-0.3, -0.25) is 10.1 Å². The minimum atomic E-state index is -0.444. The number of morpholine rings is 1. The third-order valence-corrected chi connectivity index (χ3v) is 4.11. The van der Waals surface area contributed by atoms with E-state index in [2.05, 4.69) is 15.3 Å². The van der Waals surface area contributed by atoms with Crippen LogP contribution in [0.5, 0.6) is 5.75 Å². The van der Waals surface area contributed by atoms with Crippen LogP contribution < -0.4 is 15.0 Å². The molecule has 144 valence electrons. The molecule has 0 amide bonds. The van der Waals surface area contributed by atoms with Gasteiger partial charge in [0.15, 0.2) is 0 Å². The van der Waals surface area contributed by atoms with Crippen LogP contribution in [0.4, 0.5) is 17.3 Å². The van der Waals surface area contributed by atoms with E-state index >= 15 is 0 Å². The van der Waals surface area contributed by atoms with E-state index in [0.717, 1.165) is 5.75 Å². The molecule has 0 spiro atoms. The van der Waals surface area contributed by atoms with E-state index < -0.39 is 4.92 Å². The van der Waals surface area contributed by atoms with Gasteiger partial charge in [-0.15, -0.1) is 0 Å². The number of rotatable bonds is 7. The molecule has 1 N–H and O–H groups in total. The minimum Gasteiger partial charge on any atom is -0.492 e. The van der Waals surface area contributed by atoms with Crippen molar-refractivity contribution < 1.29 is 14.4 Å². The maximum absolute atomic E-state index is 11.7. The van der Waals surface area contributed by atoms with Crippen molar-refractivity contribution in [1.82, 2.24) is 9.97 Å². The Kier molecular flexibility index (Phi) is 6.02. The highest BCUT2D eigenvalue weighted by atomic mass is 16.6. The molecule has 27 heavy (non-hydrogen) atoms. The zero-order chi connectivity index (χ0) is 19.2. The van der Waals surface area contributed by atoms with Gasteiger partial charge in [0, 0.05) is 13.1 Å². The molecule has 2 heterocycles. The zero-order valence-electron chi connectivity index (χ0n) is 15.4. The molecule has 9 heteroatoms. The third-order valence-electron chi connectivity index (χ3n) is 4.11. The summed E-state index contributed by atoms with van der Waals surface area (Å²) in [6.45, 7) is 5.69. The Morgan fingerprint density at radius 3 is 2.63 bits per heavy atom. The average Bonchev–Trinajstić information content (AvgIpc) is 2.65. The summed E-state index contributed by atoms with van der Waals surface area (Å²) in [5.74, 6) is 1.24. The van der Waals surface area contributed by atoms with E-state index in [1.807, 2.05) is 49.1 Å². The van der Waals surface area contributed by atoms with Crippen molar-refractivity contribution in [2.75, 3.05) is 36.5 Å². The highest BCUT2D eigenvalue weighted by Crippen LogP contribution is 2.33. The molecule has 2 unspecified atom stereocenters. The highest BCUT2D eigenvalue weighted by Gasteiger charge is 2.31. The Labute approximate surface area is 157 Å². The van der Waals surface area contributed by atoms with E-state index in [0.29, 0.717) is 32.1 Å². The van der Waals surface area contributed by atoms with Crippen LogP contribution in [0.1, 0.15) is 13.8 Å². The Bertz CT molecular complexity index is 764. The maximum atomic E-state index is 11.7. The Morgan fingerprint density at radius 2 is 1.96 bits per heavy atom. The lowest BCUT2D eigenvalue weighted by molar-refractivity contribution is -0.383. The van der Waals surface area contributed by atoms with Crippen LogP contribution in [0.15, 0.2) is 36.7 Å². The molecule has 1 saturated heterocycles. The first-order chi connectivity index (χ1) is 13.0. The van der Waals surface area contributed by atoms with Gasteiger partial charge in [0.05, 0.1) is 23.7 Å². The van der Waals surface area contributed by atoms with E-state index in [1.165, 1.54) is 6.33 Å². The van der Waals surface area contributed by atoms with Crippen LogP contribution in [0.25, 0.3) is 0 Å². The van der Waals surface area contributed by atoms with Gasteiger partial charge in [-0.25, -0.2) is 9.97 Å². The normalized spacial score (nSPS) is 19.6. The first-order valence-corrected chi connectivity index (χ1v) is 8.86. The van der Waals surface area contributed by atoms with Gasteiger partial charge < -0.3 is 19.7 Å². The Morgan fingerprint density at radius 1 is 1.26 bits per heavy atom. The summed E-state index contributed by atoms with van der Waals surface area (Å²) in [5.41, 5.74) is -0.126. The summed E-state index contributed by atoms with van der Waals surface area (Å²) in [4.78, 5) is 21.4. The number of nitrogens with one attached hydrogen (secondary N) is 1. The molecule has 1 aliphatic rings. The second kappa shape index (κ2) is 8.63. The van der Waals surface area contributed by atoms with Gasteiger partial charge in [0.1, 0.15) is 18.7 Å². The monoisotopic (exact) mass is 373 g/mol. The van der Waals surface area contributed by atoms with Crippen LogP contribution in [-0.4, -0.2) is 53.3 Å². The fraction of sp³-hybridized carbons (Fsp3) is 0.444. The number of aromatic nitrogens is 2. The van der Waals surface area contributed by atoms with E-state index in [4.69, 9.17) is 9.47 Å². The van der Waals surface area contributed by atoms with Gasteiger partial charge in [-0.05, 0) is 26.0 Å². The van der Waals surface area contributed by atoms with Crippen LogP contribution in [0, 0.1) is 10.1 Å². The number of nitro groups is 1. The summed E-state index contributed by atoms with van der Waals surface area (Å²) in [6, 6.07) is 9.38. The van der Waals surface area contributed by atoms with Crippen LogP contribution >= 0.6 is 0 Å². The van der Waals surface area contributed by atoms with Crippen molar-refractivity contribution in [3.8, 4) is 5.75 Å². The van der Waals surface area contributed by atoms with Crippen molar-refractivity contribution in [3.63, 3.8) is 0 Å². The average molecular weight is 373 g/mol. The van der Waals surface area contributed by atoms with Crippen molar-refractivity contribution in [2.45, 2.75) is 26.1 Å². The second-order valence-electron chi connectivity index (χ2n) is 6.40. The quantitative estimate of drug-likeness (QED) is 0.449. The summed E-state index contributed by atoms with van der Waals surface area (Å²) in [6.07, 6.45) is 1.28. The summed E-state index contributed by atoms with van der Waals surface area (Å²) < 4.78 is 11.3. The Balaban J connectivity index is 1.70. The van der Waals surface area contributed by atoms with Gasteiger partial charge in [0.2, 0.25) is 11.6 Å². The van der Waals surface area contributed by atoms with E-state index in [9.17, 15) is 10.1 Å². The SMILES string of the molecule is CC1CN(c2ncnc(NCCOc3ccccc3)c2[N+](=O)[O-])CC(C)O1. The number of ether oxygens (including phenoxy) is 2. The molecular weight excluding hydrogens is 350 g/mol. The number of benzene rings is 1. The fourth-order valence-electron chi connectivity index (χ4n) is 3.10. The number of hydrogen-bond acceptors (Lipinski definition) is 8. The number of nitrogens with zero attached hydrogens (tertiary/aromatic N) is 4. The molecule has 2 aromatic rings. The van der Waals surface area contributed by atoms with E-state index in [1.54, 1.807) is 0 Å². The van der Waals surface area contributed by atoms with Crippen LogP contribution in [0.3, 0.4) is 0 Å².